The Balaban J connectivity index is 1.49. The minimum absolute atomic E-state index is 0.632. The predicted molar refractivity (Wildman–Crippen MR) is 122 cm³/mol. The largest absolute Gasteiger partial charge is 0.355 e. The Kier molecular flexibility index (Phi) is 8.77. The van der Waals surface area contributed by atoms with E-state index in [2.05, 4.69) is 68.4 Å². The van der Waals surface area contributed by atoms with Gasteiger partial charge in [0.1, 0.15) is 0 Å². The third-order valence-corrected chi connectivity index (χ3v) is 6.50. The molecule has 0 radical (unpaired) electrons. The predicted octanol–water partition coefficient (Wildman–Crippen LogP) is 1.97. The number of aliphatic imine (C=N–C) groups is 1. The average molecular weight is 401 g/mol. The maximum atomic E-state index is 4.44. The van der Waals surface area contributed by atoms with E-state index in [0.29, 0.717) is 6.04 Å². The quantitative estimate of drug-likeness (QED) is 0.516. The molecule has 1 unspecified atom stereocenters. The first kappa shape index (κ1) is 22.1. The fraction of sp³-hybridized carbons (Fsp3) is 0.696. The molecule has 1 aromatic rings. The van der Waals surface area contributed by atoms with Crippen molar-refractivity contribution in [2.45, 2.75) is 45.8 Å². The van der Waals surface area contributed by atoms with Crippen LogP contribution in [0.4, 0.5) is 0 Å². The molecule has 2 aliphatic heterocycles. The summed E-state index contributed by atoms with van der Waals surface area (Å²) in [5.41, 5.74) is 2.79. The lowest BCUT2D eigenvalue weighted by Crippen LogP contribution is -2.46. The summed E-state index contributed by atoms with van der Waals surface area (Å²) in [5, 5.41) is 7.07. The summed E-state index contributed by atoms with van der Waals surface area (Å²) in [5.74, 6) is 0.902. The highest BCUT2D eigenvalue weighted by atomic mass is 15.3. The molecule has 162 valence electrons. The summed E-state index contributed by atoms with van der Waals surface area (Å²) in [4.78, 5) is 12.1. The van der Waals surface area contributed by atoms with Gasteiger partial charge in [0.25, 0.3) is 0 Å². The Labute approximate surface area is 177 Å². The van der Waals surface area contributed by atoms with E-state index in [0.717, 1.165) is 51.8 Å². The maximum Gasteiger partial charge on any atom is 0.191 e. The van der Waals surface area contributed by atoms with E-state index in [1.807, 2.05) is 7.05 Å². The fourth-order valence-corrected chi connectivity index (χ4v) is 4.55. The Morgan fingerprint density at radius 3 is 2.38 bits per heavy atom. The third-order valence-electron chi connectivity index (χ3n) is 6.50. The summed E-state index contributed by atoms with van der Waals surface area (Å²) in [6.07, 6.45) is 2.60. The zero-order chi connectivity index (χ0) is 20.5. The Morgan fingerprint density at radius 1 is 0.966 bits per heavy atom. The zero-order valence-corrected chi connectivity index (χ0v) is 18.7. The Hall–Kier alpha value is -1.63. The van der Waals surface area contributed by atoms with Crippen molar-refractivity contribution >= 4 is 5.96 Å². The second-order valence-corrected chi connectivity index (χ2v) is 8.21. The summed E-state index contributed by atoms with van der Waals surface area (Å²) in [6, 6.07) is 9.45. The van der Waals surface area contributed by atoms with Gasteiger partial charge in [0.05, 0.1) is 0 Å². The van der Waals surface area contributed by atoms with Gasteiger partial charge >= 0.3 is 0 Å². The van der Waals surface area contributed by atoms with Crippen LogP contribution in [0.25, 0.3) is 0 Å². The lowest BCUT2D eigenvalue weighted by molar-refractivity contribution is 0.131. The molecule has 0 saturated carbocycles. The minimum atomic E-state index is 0.632. The molecule has 2 N–H and O–H groups in total. The van der Waals surface area contributed by atoms with Gasteiger partial charge in [-0.1, -0.05) is 38.1 Å². The normalized spacial score (nSPS) is 22.2. The summed E-state index contributed by atoms with van der Waals surface area (Å²) < 4.78 is 0. The van der Waals surface area contributed by atoms with E-state index < -0.39 is 0 Å². The van der Waals surface area contributed by atoms with Gasteiger partial charge < -0.3 is 15.5 Å². The molecule has 29 heavy (non-hydrogen) atoms. The first-order chi connectivity index (χ1) is 14.2. The van der Waals surface area contributed by atoms with Crippen molar-refractivity contribution in [3.8, 4) is 0 Å². The molecule has 1 aromatic carbocycles. The van der Waals surface area contributed by atoms with Gasteiger partial charge in [0.15, 0.2) is 5.96 Å². The molecule has 0 amide bonds. The van der Waals surface area contributed by atoms with Gasteiger partial charge in [0.2, 0.25) is 0 Å². The number of hydrogen-bond acceptors (Lipinski definition) is 4. The number of likely N-dealkylation sites (N-methyl/N-ethyl adjacent to an activating group) is 2. The number of nitrogens with one attached hydrogen (secondary N) is 2. The topological polar surface area (TPSA) is 46.1 Å². The van der Waals surface area contributed by atoms with Crippen LogP contribution in [0.1, 0.15) is 37.8 Å². The molecule has 2 fully saturated rings. The van der Waals surface area contributed by atoms with E-state index >= 15 is 0 Å². The molecule has 0 aromatic heterocycles. The third kappa shape index (κ3) is 6.43. The highest BCUT2D eigenvalue weighted by Gasteiger charge is 2.22. The lowest BCUT2D eigenvalue weighted by atomic mass is 10.1. The van der Waals surface area contributed by atoms with Crippen LogP contribution in [-0.2, 0) is 13.1 Å². The number of benzene rings is 1. The second kappa shape index (κ2) is 11.5. The van der Waals surface area contributed by atoms with Crippen LogP contribution in [0.3, 0.4) is 0 Å². The van der Waals surface area contributed by atoms with E-state index in [4.69, 9.17) is 0 Å². The van der Waals surface area contributed by atoms with Crippen LogP contribution in [-0.4, -0.2) is 86.1 Å². The summed E-state index contributed by atoms with van der Waals surface area (Å²) in [7, 11) is 1.86. The summed E-state index contributed by atoms with van der Waals surface area (Å²) in [6.45, 7) is 15.5. The fourth-order valence-electron chi connectivity index (χ4n) is 4.55. The van der Waals surface area contributed by atoms with Crippen LogP contribution < -0.4 is 10.6 Å². The molecule has 2 heterocycles. The van der Waals surface area contributed by atoms with Gasteiger partial charge in [-0.05, 0) is 43.6 Å². The van der Waals surface area contributed by atoms with Crippen molar-refractivity contribution in [1.82, 2.24) is 25.3 Å². The van der Waals surface area contributed by atoms with Crippen molar-refractivity contribution in [2.75, 3.05) is 59.4 Å². The molecule has 2 aliphatic rings. The number of guanidine groups is 1. The smallest absolute Gasteiger partial charge is 0.191 e. The van der Waals surface area contributed by atoms with E-state index in [1.54, 1.807) is 0 Å². The number of nitrogens with zero attached hydrogens (tertiary/aromatic N) is 4. The molecule has 3 rings (SSSR count). The van der Waals surface area contributed by atoms with Gasteiger partial charge in [-0.2, -0.15) is 0 Å². The van der Waals surface area contributed by atoms with Crippen LogP contribution in [0.15, 0.2) is 29.3 Å². The molecule has 0 aliphatic carbocycles. The highest BCUT2D eigenvalue weighted by Crippen LogP contribution is 2.16. The average Bonchev–Trinajstić information content (AvgIpc) is 3.23. The zero-order valence-electron chi connectivity index (χ0n) is 18.7. The van der Waals surface area contributed by atoms with E-state index in [9.17, 15) is 0 Å². The molecule has 0 bridgehead atoms. The van der Waals surface area contributed by atoms with Crippen molar-refractivity contribution in [1.29, 1.82) is 0 Å². The van der Waals surface area contributed by atoms with E-state index in [-0.39, 0.29) is 0 Å². The molecular weight excluding hydrogens is 360 g/mol. The van der Waals surface area contributed by atoms with Crippen molar-refractivity contribution in [3.63, 3.8) is 0 Å². The number of hydrogen-bond donors (Lipinski definition) is 2. The van der Waals surface area contributed by atoms with Crippen LogP contribution in [0, 0.1) is 0 Å². The number of rotatable bonds is 8. The number of likely N-dealkylation sites (tertiary alicyclic amines) is 1. The van der Waals surface area contributed by atoms with Crippen molar-refractivity contribution < 1.29 is 0 Å². The monoisotopic (exact) mass is 400 g/mol. The van der Waals surface area contributed by atoms with Crippen LogP contribution in [0.5, 0.6) is 0 Å². The maximum absolute atomic E-state index is 4.44. The Morgan fingerprint density at radius 2 is 1.69 bits per heavy atom. The van der Waals surface area contributed by atoms with Crippen molar-refractivity contribution in [2.24, 2.45) is 4.99 Å². The van der Waals surface area contributed by atoms with Gasteiger partial charge in [-0.15, -0.1) is 0 Å². The van der Waals surface area contributed by atoms with E-state index in [1.165, 1.54) is 43.6 Å². The minimum Gasteiger partial charge on any atom is -0.355 e. The first-order valence-electron chi connectivity index (χ1n) is 11.4. The molecular formula is C23H40N6. The molecule has 0 spiro atoms. The summed E-state index contributed by atoms with van der Waals surface area (Å²) >= 11 is 0. The van der Waals surface area contributed by atoms with Crippen LogP contribution >= 0.6 is 0 Å². The highest BCUT2D eigenvalue weighted by molar-refractivity contribution is 5.79. The molecule has 6 heteroatoms. The molecule has 1 atom stereocenters. The van der Waals surface area contributed by atoms with Crippen molar-refractivity contribution in [3.05, 3.63) is 35.4 Å². The van der Waals surface area contributed by atoms with Crippen LogP contribution in [0.2, 0.25) is 0 Å². The van der Waals surface area contributed by atoms with Gasteiger partial charge in [-0.3, -0.25) is 14.8 Å². The first-order valence-corrected chi connectivity index (χ1v) is 11.4. The SMILES string of the molecule is CCN1CCN(Cc2ccccc2CNC(=NC)NCC2CCCN2CC)CC1. The second-order valence-electron chi connectivity index (χ2n) is 8.21. The van der Waals surface area contributed by atoms with Gasteiger partial charge in [0, 0.05) is 58.9 Å². The van der Waals surface area contributed by atoms with Gasteiger partial charge in [-0.25, -0.2) is 0 Å². The number of piperazine rings is 1. The molecule has 6 nitrogen and oxygen atoms in total. The Bertz CT molecular complexity index is 638. The standard InChI is InChI=1S/C23H40N6/c1-4-27-13-15-28(16-14-27)19-21-10-7-6-9-20(21)17-25-23(24-3)26-18-22-11-8-12-29(22)5-2/h6-7,9-10,22H,4-5,8,11-19H2,1-3H3,(H2,24,25,26). The lowest BCUT2D eigenvalue weighted by Gasteiger charge is -2.34. The molecule has 2 saturated heterocycles.